The summed E-state index contributed by atoms with van der Waals surface area (Å²) in [5.41, 5.74) is 1.19. The molecule has 1 aromatic carbocycles. The Kier molecular flexibility index (Phi) is 6.96. The van der Waals surface area contributed by atoms with Gasteiger partial charge in [0.2, 0.25) is 5.91 Å². The molecular weight excluding hydrogens is 340 g/mol. The van der Waals surface area contributed by atoms with Gasteiger partial charge in [0.15, 0.2) is 0 Å². The van der Waals surface area contributed by atoms with E-state index in [9.17, 15) is 4.79 Å². The summed E-state index contributed by atoms with van der Waals surface area (Å²) >= 11 is 0. The Morgan fingerprint density at radius 2 is 1.93 bits per heavy atom. The standard InChI is InChI=1S/C21H34N4O2/c1-4-22(2)21(26)17-23-11-7-8-18(16-23)24-12-14-25(15-13-24)19-9-5-6-10-20(19)27-3/h5-6,9-10,18H,4,7-8,11-17H2,1-3H3. The molecule has 1 aromatic rings. The zero-order valence-corrected chi connectivity index (χ0v) is 17.1. The van der Waals surface area contributed by atoms with Crippen molar-refractivity contribution in [3.63, 3.8) is 0 Å². The lowest BCUT2D eigenvalue weighted by Gasteiger charge is -2.44. The minimum absolute atomic E-state index is 0.235. The van der Waals surface area contributed by atoms with Gasteiger partial charge in [0, 0.05) is 52.4 Å². The van der Waals surface area contributed by atoms with Gasteiger partial charge in [-0.2, -0.15) is 0 Å². The first-order valence-corrected chi connectivity index (χ1v) is 10.2. The first-order chi connectivity index (χ1) is 13.1. The highest BCUT2D eigenvalue weighted by Gasteiger charge is 2.29. The summed E-state index contributed by atoms with van der Waals surface area (Å²) in [6, 6.07) is 8.84. The molecule has 2 heterocycles. The quantitative estimate of drug-likeness (QED) is 0.759. The van der Waals surface area contributed by atoms with Gasteiger partial charge in [0.05, 0.1) is 19.3 Å². The number of carbonyl (C=O) groups excluding carboxylic acids is 1. The number of ether oxygens (including phenoxy) is 1. The molecule has 2 aliphatic heterocycles. The van der Waals surface area contributed by atoms with Crippen LogP contribution in [0.5, 0.6) is 5.75 Å². The maximum atomic E-state index is 12.2. The fourth-order valence-electron chi connectivity index (χ4n) is 4.18. The number of benzene rings is 1. The number of para-hydroxylation sites is 2. The second kappa shape index (κ2) is 9.42. The molecule has 2 fully saturated rings. The fraction of sp³-hybridized carbons (Fsp3) is 0.667. The second-order valence-electron chi connectivity index (χ2n) is 7.63. The van der Waals surface area contributed by atoms with Crippen molar-refractivity contribution in [2.45, 2.75) is 25.8 Å². The molecule has 0 bridgehead atoms. The van der Waals surface area contributed by atoms with E-state index in [0.717, 1.165) is 51.6 Å². The number of hydrogen-bond donors (Lipinski definition) is 0. The van der Waals surface area contributed by atoms with Crippen molar-refractivity contribution >= 4 is 11.6 Å². The van der Waals surface area contributed by atoms with Crippen LogP contribution < -0.4 is 9.64 Å². The summed E-state index contributed by atoms with van der Waals surface area (Å²) in [6.07, 6.45) is 2.42. The van der Waals surface area contributed by atoms with Crippen LogP contribution in [0.25, 0.3) is 0 Å². The van der Waals surface area contributed by atoms with E-state index < -0.39 is 0 Å². The monoisotopic (exact) mass is 374 g/mol. The number of piperazine rings is 1. The molecule has 0 spiro atoms. The molecule has 0 aromatic heterocycles. The summed E-state index contributed by atoms with van der Waals surface area (Å²) in [4.78, 5) is 21.4. The topological polar surface area (TPSA) is 39.3 Å². The lowest BCUT2D eigenvalue weighted by Crippen LogP contribution is -2.56. The number of nitrogens with zero attached hydrogens (tertiary/aromatic N) is 4. The van der Waals surface area contributed by atoms with Gasteiger partial charge in [0.25, 0.3) is 0 Å². The lowest BCUT2D eigenvalue weighted by atomic mass is 10.0. The van der Waals surface area contributed by atoms with Gasteiger partial charge in [-0.25, -0.2) is 0 Å². The van der Waals surface area contributed by atoms with Crippen LogP contribution in [0.3, 0.4) is 0 Å². The van der Waals surface area contributed by atoms with Crippen LogP contribution >= 0.6 is 0 Å². The first-order valence-electron chi connectivity index (χ1n) is 10.2. The largest absolute Gasteiger partial charge is 0.495 e. The molecule has 0 radical (unpaired) electrons. The Morgan fingerprint density at radius 1 is 1.19 bits per heavy atom. The van der Waals surface area contributed by atoms with E-state index in [1.807, 2.05) is 31.0 Å². The number of hydrogen-bond acceptors (Lipinski definition) is 5. The third-order valence-electron chi connectivity index (χ3n) is 6.00. The number of amides is 1. The molecule has 0 N–H and O–H groups in total. The van der Waals surface area contributed by atoms with Crippen molar-refractivity contribution in [3.05, 3.63) is 24.3 Å². The summed E-state index contributed by atoms with van der Waals surface area (Å²) in [5.74, 6) is 1.19. The minimum atomic E-state index is 0.235. The normalized spacial score (nSPS) is 21.9. The van der Waals surface area contributed by atoms with Crippen LogP contribution in [0.1, 0.15) is 19.8 Å². The first kappa shape index (κ1) is 20.0. The smallest absolute Gasteiger partial charge is 0.236 e. The molecule has 2 aliphatic rings. The molecule has 0 aliphatic carbocycles. The number of methoxy groups -OCH3 is 1. The molecule has 1 amide bonds. The van der Waals surface area contributed by atoms with Crippen LogP contribution in [-0.2, 0) is 4.79 Å². The third kappa shape index (κ3) is 4.93. The SMILES string of the molecule is CCN(C)C(=O)CN1CCCC(N2CCN(c3ccccc3OC)CC2)C1. The molecule has 1 atom stereocenters. The fourth-order valence-corrected chi connectivity index (χ4v) is 4.18. The second-order valence-corrected chi connectivity index (χ2v) is 7.63. The van der Waals surface area contributed by atoms with Crippen molar-refractivity contribution < 1.29 is 9.53 Å². The Hall–Kier alpha value is -1.79. The highest BCUT2D eigenvalue weighted by atomic mass is 16.5. The van der Waals surface area contributed by atoms with E-state index in [-0.39, 0.29) is 5.91 Å². The molecule has 6 heteroatoms. The Balaban J connectivity index is 1.52. The molecule has 1 unspecified atom stereocenters. The van der Waals surface area contributed by atoms with Crippen LogP contribution in [0.4, 0.5) is 5.69 Å². The van der Waals surface area contributed by atoms with Crippen molar-refractivity contribution in [2.75, 3.05) is 71.4 Å². The maximum absolute atomic E-state index is 12.2. The highest BCUT2D eigenvalue weighted by Crippen LogP contribution is 2.29. The Bertz CT molecular complexity index is 616. The number of likely N-dealkylation sites (tertiary alicyclic amines) is 1. The predicted molar refractivity (Wildman–Crippen MR) is 110 cm³/mol. The average Bonchev–Trinajstić information content (AvgIpc) is 2.73. The molecular formula is C21H34N4O2. The minimum Gasteiger partial charge on any atom is -0.495 e. The summed E-state index contributed by atoms with van der Waals surface area (Å²) in [5, 5.41) is 0. The number of piperidine rings is 1. The highest BCUT2D eigenvalue weighted by molar-refractivity contribution is 5.77. The van der Waals surface area contributed by atoms with E-state index in [1.165, 1.54) is 18.5 Å². The van der Waals surface area contributed by atoms with E-state index in [4.69, 9.17) is 4.74 Å². The van der Waals surface area contributed by atoms with Gasteiger partial charge >= 0.3 is 0 Å². The van der Waals surface area contributed by atoms with Gasteiger partial charge in [0.1, 0.15) is 5.75 Å². The van der Waals surface area contributed by atoms with Crippen LogP contribution in [0, 0.1) is 0 Å². The molecule has 150 valence electrons. The van der Waals surface area contributed by atoms with Crippen molar-refractivity contribution in [2.24, 2.45) is 0 Å². The van der Waals surface area contributed by atoms with Crippen LogP contribution in [-0.4, -0.2) is 93.2 Å². The maximum Gasteiger partial charge on any atom is 0.236 e. The van der Waals surface area contributed by atoms with Gasteiger partial charge < -0.3 is 14.5 Å². The molecule has 6 nitrogen and oxygen atoms in total. The van der Waals surface area contributed by atoms with Gasteiger partial charge in [-0.05, 0) is 38.4 Å². The van der Waals surface area contributed by atoms with E-state index in [1.54, 1.807) is 7.11 Å². The molecule has 3 rings (SSSR count). The van der Waals surface area contributed by atoms with E-state index in [0.29, 0.717) is 12.6 Å². The summed E-state index contributed by atoms with van der Waals surface area (Å²) < 4.78 is 5.52. The zero-order chi connectivity index (χ0) is 19.2. The Morgan fingerprint density at radius 3 is 2.63 bits per heavy atom. The number of anilines is 1. The van der Waals surface area contributed by atoms with Crippen molar-refractivity contribution in [1.82, 2.24) is 14.7 Å². The third-order valence-corrected chi connectivity index (χ3v) is 6.00. The van der Waals surface area contributed by atoms with Crippen LogP contribution in [0.15, 0.2) is 24.3 Å². The summed E-state index contributed by atoms with van der Waals surface area (Å²) in [7, 11) is 3.63. The average molecular weight is 375 g/mol. The van der Waals surface area contributed by atoms with Gasteiger partial charge in [-0.15, -0.1) is 0 Å². The van der Waals surface area contributed by atoms with Crippen LogP contribution in [0.2, 0.25) is 0 Å². The van der Waals surface area contributed by atoms with Gasteiger partial charge in [-0.3, -0.25) is 14.6 Å². The molecule has 2 saturated heterocycles. The number of likely N-dealkylation sites (N-methyl/N-ethyl adjacent to an activating group) is 1. The summed E-state index contributed by atoms with van der Waals surface area (Å²) in [6.45, 7) is 9.60. The number of carbonyl (C=O) groups is 1. The van der Waals surface area contributed by atoms with Gasteiger partial charge in [-0.1, -0.05) is 12.1 Å². The van der Waals surface area contributed by atoms with E-state index in [2.05, 4.69) is 26.8 Å². The van der Waals surface area contributed by atoms with Crippen molar-refractivity contribution in [3.8, 4) is 5.75 Å². The van der Waals surface area contributed by atoms with Crippen molar-refractivity contribution in [1.29, 1.82) is 0 Å². The van der Waals surface area contributed by atoms with E-state index >= 15 is 0 Å². The number of rotatable bonds is 6. The lowest BCUT2D eigenvalue weighted by molar-refractivity contribution is -0.131. The molecule has 0 saturated carbocycles. The predicted octanol–water partition coefficient (Wildman–Crippen LogP) is 1.76. The zero-order valence-electron chi connectivity index (χ0n) is 17.1. The Labute approximate surface area is 163 Å². The molecule has 27 heavy (non-hydrogen) atoms.